The molecule has 0 bridgehead atoms. The van der Waals surface area contributed by atoms with Crippen molar-refractivity contribution in [2.45, 2.75) is 51.6 Å². The predicted octanol–water partition coefficient (Wildman–Crippen LogP) is 2.63. The van der Waals surface area contributed by atoms with Crippen LogP contribution in [0.2, 0.25) is 0 Å². The zero-order valence-electron chi connectivity index (χ0n) is 15.6. The van der Waals surface area contributed by atoms with Gasteiger partial charge < -0.3 is 9.80 Å². The van der Waals surface area contributed by atoms with Crippen LogP contribution in [0, 0.1) is 5.92 Å². The van der Waals surface area contributed by atoms with Crippen molar-refractivity contribution in [3.8, 4) is 0 Å². The van der Waals surface area contributed by atoms with Crippen LogP contribution in [0.25, 0.3) is 0 Å². The Hall–Kier alpha value is -1.20. The van der Waals surface area contributed by atoms with Crippen molar-refractivity contribution in [3.05, 3.63) is 18.0 Å². The standard InChI is InChI=1S/C19H33N5/c1-16(22(2)3)18-7-11-23(12-8-18)15-17-13-20-19(21-14-17)24-9-5-4-6-10-24/h13-14,16,18H,4-12,15H2,1-3H3/t16-/m1/s1. The Labute approximate surface area is 147 Å². The minimum absolute atomic E-state index is 0.680. The van der Waals surface area contributed by atoms with Crippen molar-refractivity contribution in [1.82, 2.24) is 19.8 Å². The Morgan fingerprint density at radius 2 is 1.67 bits per heavy atom. The molecular formula is C19H33N5. The van der Waals surface area contributed by atoms with Crippen LogP contribution >= 0.6 is 0 Å². The molecule has 0 aromatic carbocycles. The molecule has 0 radical (unpaired) electrons. The zero-order chi connectivity index (χ0) is 16.9. The third kappa shape index (κ3) is 4.45. The second kappa shape index (κ2) is 8.26. The van der Waals surface area contributed by atoms with Crippen LogP contribution in [-0.4, -0.2) is 66.1 Å². The van der Waals surface area contributed by atoms with Gasteiger partial charge in [-0.05, 0) is 72.1 Å². The SMILES string of the molecule is C[C@H](C1CCN(Cc2cnc(N3CCCCC3)nc2)CC1)N(C)C. The van der Waals surface area contributed by atoms with E-state index in [0.29, 0.717) is 6.04 Å². The lowest BCUT2D eigenvalue weighted by Gasteiger charge is -2.37. The Bertz CT molecular complexity index is 487. The molecule has 1 atom stereocenters. The molecule has 2 aliphatic heterocycles. The number of piperidine rings is 2. The lowest BCUT2D eigenvalue weighted by atomic mass is 9.89. The number of hydrogen-bond donors (Lipinski definition) is 0. The molecule has 2 saturated heterocycles. The Kier molecular flexibility index (Phi) is 6.06. The lowest BCUT2D eigenvalue weighted by molar-refractivity contribution is 0.121. The summed E-state index contributed by atoms with van der Waals surface area (Å²) in [5, 5.41) is 0. The highest BCUT2D eigenvalue weighted by molar-refractivity contribution is 5.30. The molecule has 0 aliphatic carbocycles. The van der Waals surface area contributed by atoms with Crippen LogP contribution in [0.4, 0.5) is 5.95 Å². The molecule has 2 aliphatic rings. The van der Waals surface area contributed by atoms with E-state index < -0.39 is 0 Å². The molecule has 0 spiro atoms. The first kappa shape index (κ1) is 17.6. The Morgan fingerprint density at radius 1 is 1.04 bits per heavy atom. The third-order valence-electron chi connectivity index (χ3n) is 5.87. The van der Waals surface area contributed by atoms with Crippen LogP contribution in [0.1, 0.15) is 44.6 Å². The fourth-order valence-electron chi connectivity index (χ4n) is 3.96. The largest absolute Gasteiger partial charge is 0.341 e. The number of likely N-dealkylation sites (tertiary alicyclic amines) is 1. The van der Waals surface area contributed by atoms with Gasteiger partial charge in [0.05, 0.1) is 0 Å². The molecule has 0 amide bonds. The smallest absolute Gasteiger partial charge is 0.225 e. The highest BCUT2D eigenvalue weighted by Gasteiger charge is 2.25. The molecule has 5 heteroatoms. The summed E-state index contributed by atoms with van der Waals surface area (Å²) in [5.74, 6) is 1.74. The number of nitrogens with zero attached hydrogens (tertiary/aromatic N) is 5. The Morgan fingerprint density at radius 3 is 2.25 bits per heavy atom. The minimum Gasteiger partial charge on any atom is -0.341 e. The van der Waals surface area contributed by atoms with E-state index in [1.165, 1.54) is 50.8 Å². The summed E-state index contributed by atoms with van der Waals surface area (Å²) in [6.45, 7) is 7.94. The van der Waals surface area contributed by atoms with Crippen LogP contribution in [-0.2, 0) is 6.54 Å². The predicted molar refractivity (Wildman–Crippen MR) is 99.2 cm³/mol. The van der Waals surface area contributed by atoms with Crippen LogP contribution in [0.3, 0.4) is 0 Å². The summed E-state index contributed by atoms with van der Waals surface area (Å²) in [4.78, 5) is 16.5. The van der Waals surface area contributed by atoms with Gasteiger partial charge in [0.15, 0.2) is 0 Å². The van der Waals surface area contributed by atoms with E-state index in [1.807, 2.05) is 12.4 Å². The van der Waals surface area contributed by atoms with Crippen LogP contribution < -0.4 is 4.90 Å². The van der Waals surface area contributed by atoms with Crippen molar-refractivity contribution in [3.63, 3.8) is 0 Å². The van der Waals surface area contributed by atoms with Gasteiger partial charge in [-0.1, -0.05) is 0 Å². The summed E-state index contributed by atoms with van der Waals surface area (Å²) < 4.78 is 0. The van der Waals surface area contributed by atoms with Gasteiger partial charge in [0, 0.05) is 43.6 Å². The molecule has 134 valence electrons. The van der Waals surface area contributed by atoms with E-state index in [4.69, 9.17) is 0 Å². The molecule has 1 aromatic heterocycles. The summed E-state index contributed by atoms with van der Waals surface area (Å²) in [6.07, 6.45) is 10.5. The maximum absolute atomic E-state index is 4.62. The van der Waals surface area contributed by atoms with Gasteiger partial charge in [-0.3, -0.25) is 4.90 Å². The van der Waals surface area contributed by atoms with Gasteiger partial charge in [-0.2, -0.15) is 0 Å². The monoisotopic (exact) mass is 331 g/mol. The molecule has 0 unspecified atom stereocenters. The van der Waals surface area contributed by atoms with E-state index >= 15 is 0 Å². The van der Waals surface area contributed by atoms with Crippen molar-refractivity contribution in [2.24, 2.45) is 5.92 Å². The first-order chi connectivity index (χ1) is 11.6. The van der Waals surface area contributed by atoms with Crippen LogP contribution in [0.15, 0.2) is 12.4 Å². The summed E-state index contributed by atoms with van der Waals surface area (Å²) >= 11 is 0. The molecule has 0 saturated carbocycles. The van der Waals surface area contributed by atoms with E-state index in [-0.39, 0.29) is 0 Å². The van der Waals surface area contributed by atoms with E-state index in [2.05, 4.69) is 45.7 Å². The van der Waals surface area contributed by atoms with Crippen molar-refractivity contribution in [2.75, 3.05) is 45.2 Å². The first-order valence-corrected chi connectivity index (χ1v) is 9.58. The average Bonchev–Trinajstić information content (AvgIpc) is 2.63. The molecule has 0 N–H and O–H groups in total. The number of rotatable bonds is 5. The van der Waals surface area contributed by atoms with Gasteiger partial charge in [0.2, 0.25) is 5.95 Å². The summed E-state index contributed by atoms with van der Waals surface area (Å²) in [5.41, 5.74) is 1.25. The van der Waals surface area contributed by atoms with E-state index in [0.717, 1.165) is 31.5 Å². The normalized spacial score (nSPS) is 22.1. The van der Waals surface area contributed by atoms with Crippen molar-refractivity contribution in [1.29, 1.82) is 0 Å². The Balaban J connectivity index is 1.48. The minimum atomic E-state index is 0.680. The zero-order valence-corrected chi connectivity index (χ0v) is 15.6. The number of aromatic nitrogens is 2. The molecule has 24 heavy (non-hydrogen) atoms. The van der Waals surface area contributed by atoms with E-state index in [9.17, 15) is 0 Å². The molecule has 5 nitrogen and oxygen atoms in total. The van der Waals surface area contributed by atoms with E-state index in [1.54, 1.807) is 0 Å². The summed E-state index contributed by atoms with van der Waals surface area (Å²) in [7, 11) is 4.39. The molecule has 3 heterocycles. The van der Waals surface area contributed by atoms with Gasteiger partial charge in [-0.25, -0.2) is 9.97 Å². The lowest BCUT2D eigenvalue weighted by Crippen LogP contribution is -2.41. The number of anilines is 1. The van der Waals surface area contributed by atoms with Crippen molar-refractivity contribution >= 4 is 5.95 Å². The fourth-order valence-corrected chi connectivity index (χ4v) is 3.96. The highest BCUT2D eigenvalue weighted by atomic mass is 15.2. The first-order valence-electron chi connectivity index (χ1n) is 9.58. The molecule has 3 rings (SSSR count). The molecular weight excluding hydrogens is 298 g/mol. The maximum atomic E-state index is 4.62. The van der Waals surface area contributed by atoms with Gasteiger partial charge >= 0.3 is 0 Å². The highest BCUT2D eigenvalue weighted by Crippen LogP contribution is 2.24. The topological polar surface area (TPSA) is 35.5 Å². The van der Waals surface area contributed by atoms with Crippen molar-refractivity contribution < 1.29 is 0 Å². The van der Waals surface area contributed by atoms with Gasteiger partial charge in [0.1, 0.15) is 0 Å². The quantitative estimate of drug-likeness (QED) is 0.829. The third-order valence-corrected chi connectivity index (χ3v) is 5.87. The summed E-state index contributed by atoms with van der Waals surface area (Å²) in [6, 6.07) is 0.680. The van der Waals surface area contributed by atoms with Crippen LogP contribution in [0.5, 0.6) is 0 Å². The average molecular weight is 332 g/mol. The second-order valence-electron chi connectivity index (χ2n) is 7.76. The fraction of sp³-hybridized carbons (Fsp3) is 0.789. The molecule has 1 aromatic rings. The maximum Gasteiger partial charge on any atom is 0.225 e. The molecule has 2 fully saturated rings. The van der Waals surface area contributed by atoms with Gasteiger partial charge in [-0.15, -0.1) is 0 Å². The number of hydrogen-bond acceptors (Lipinski definition) is 5. The van der Waals surface area contributed by atoms with Gasteiger partial charge in [0.25, 0.3) is 0 Å². The second-order valence-corrected chi connectivity index (χ2v) is 7.76.